The Labute approximate surface area is 201 Å². The molecule has 0 aliphatic carbocycles. The van der Waals surface area contributed by atoms with Crippen molar-refractivity contribution in [2.45, 2.75) is 58.9 Å². The fourth-order valence-corrected chi connectivity index (χ4v) is 5.93. The number of hydrogen-bond donors (Lipinski definition) is 3. The minimum atomic E-state index is -0.581. The van der Waals surface area contributed by atoms with Crippen molar-refractivity contribution in [3.8, 4) is 0 Å². The van der Waals surface area contributed by atoms with Crippen molar-refractivity contribution in [2.75, 3.05) is 5.32 Å². The second kappa shape index (κ2) is 8.93. The summed E-state index contributed by atoms with van der Waals surface area (Å²) < 4.78 is 1.52. The third-order valence-electron chi connectivity index (χ3n) is 6.58. The number of anilines is 1. The molecule has 5 rings (SSSR count). The maximum atomic E-state index is 13.3. The van der Waals surface area contributed by atoms with Crippen LogP contribution >= 0.6 is 22.9 Å². The number of fused-ring (bicyclic) bond motifs is 2. The molecule has 7 nitrogen and oxygen atoms in total. The van der Waals surface area contributed by atoms with Crippen LogP contribution in [0.25, 0.3) is 0 Å². The Balaban J connectivity index is 1.33. The highest BCUT2D eigenvalue weighted by atomic mass is 35.5. The smallest absolute Gasteiger partial charge is 0.294 e. The van der Waals surface area contributed by atoms with Crippen LogP contribution in [0, 0.1) is 13.8 Å². The number of amides is 1. The number of rotatable bonds is 6. The van der Waals surface area contributed by atoms with Gasteiger partial charge >= 0.3 is 0 Å². The first kappa shape index (κ1) is 22.1. The van der Waals surface area contributed by atoms with Crippen molar-refractivity contribution in [1.82, 2.24) is 20.2 Å². The van der Waals surface area contributed by atoms with Crippen LogP contribution in [0.5, 0.6) is 0 Å². The zero-order valence-corrected chi connectivity index (χ0v) is 20.2. The Morgan fingerprint density at radius 1 is 1.30 bits per heavy atom. The van der Waals surface area contributed by atoms with Gasteiger partial charge in [0.25, 0.3) is 5.56 Å². The Morgan fingerprint density at radius 3 is 2.97 bits per heavy atom. The molecule has 33 heavy (non-hydrogen) atoms. The molecule has 1 amide bonds. The lowest BCUT2D eigenvalue weighted by molar-refractivity contribution is -0.124. The Bertz CT molecular complexity index is 1280. The van der Waals surface area contributed by atoms with Gasteiger partial charge in [0.15, 0.2) is 11.0 Å². The summed E-state index contributed by atoms with van der Waals surface area (Å²) in [6.07, 6.45) is 1.09. The third-order valence-corrected chi connectivity index (χ3v) is 8.06. The lowest BCUT2D eigenvalue weighted by atomic mass is 10.0. The van der Waals surface area contributed by atoms with Crippen LogP contribution in [-0.4, -0.2) is 15.5 Å². The Hall–Kier alpha value is -2.68. The molecule has 3 N–H and O–H groups in total. The highest BCUT2D eigenvalue weighted by molar-refractivity contribution is 7.12. The molecule has 0 bridgehead atoms. The fourth-order valence-electron chi connectivity index (χ4n) is 4.57. The predicted molar refractivity (Wildman–Crippen MR) is 131 cm³/mol. The normalized spacial score (nSPS) is 16.5. The largest absolute Gasteiger partial charge is 0.361 e. The van der Waals surface area contributed by atoms with Crippen LogP contribution in [0.1, 0.15) is 50.2 Å². The van der Waals surface area contributed by atoms with Crippen LogP contribution < -0.4 is 21.5 Å². The number of aromatic nitrogens is 2. The SMILES string of the molecule is Cc1cccc(CNc2nc(Cl)c3n(c2=O)[C@H](C(=O)NCc2cc4c(s2)CNC4)CC3)c1C. The number of nitrogens with zero attached hydrogens (tertiary/aromatic N) is 2. The lowest BCUT2D eigenvalue weighted by Crippen LogP contribution is -2.36. The molecular formula is C24H26ClN5O2S. The van der Waals surface area contributed by atoms with Gasteiger partial charge in [-0.3, -0.25) is 14.2 Å². The van der Waals surface area contributed by atoms with E-state index in [-0.39, 0.29) is 22.4 Å². The molecular weight excluding hydrogens is 458 g/mol. The zero-order valence-electron chi connectivity index (χ0n) is 18.6. The van der Waals surface area contributed by atoms with Crippen LogP contribution in [0.2, 0.25) is 5.15 Å². The summed E-state index contributed by atoms with van der Waals surface area (Å²) >= 11 is 8.14. The van der Waals surface area contributed by atoms with Gasteiger partial charge in [-0.2, -0.15) is 0 Å². The van der Waals surface area contributed by atoms with Crippen molar-refractivity contribution < 1.29 is 4.79 Å². The number of carbonyl (C=O) groups excluding carboxylic acids is 1. The molecule has 0 radical (unpaired) electrons. The number of nitrogens with one attached hydrogen (secondary N) is 3. The van der Waals surface area contributed by atoms with Crippen LogP contribution in [0.15, 0.2) is 29.1 Å². The van der Waals surface area contributed by atoms with Gasteiger partial charge in [-0.05, 0) is 55.0 Å². The molecule has 0 spiro atoms. The molecule has 0 unspecified atom stereocenters. The molecule has 0 saturated carbocycles. The van der Waals surface area contributed by atoms with Gasteiger partial charge in [-0.15, -0.1) is 11.3 Å². The van der Waals surface area contributed by atoms with Crippen LogP contribution in [-0.2, 0) is 37.4 Å². The number of benzene rings is 1. The first-order valence-corrected chi connectivity index (χ1v) is 12.3. The minimum absolute atomic E-state index is 0.162. The van der Waals surface area contributed by atoms with Crippen molar-refractivity contribution in [1.29, 1.82) is 0 Å². The first-order valence-electron chi connectivity index (χ1n) is 11.1. The van der Waals surface area contributed by atoms with E-state index in [9.17, 15) is 9.59 Å². The van der Waals surface area contributed by atoms with E-state index in [0.717, 1.165) is 23.5 Å². The molecule has 2 aliphatic rings. The van der Waals surface area contributed by atoms with Gasteiger partial charge in [0, 0.05) is 29.4 Å². The summed E-state index contributed by atoms with van der Waals surface area (Å²) in [6.45, 7) is 6.81. The van der Waals surface area contributed by atoms with Crippen LogP contribution in [0.3, 0.4) is 0 Å². The maximum Gasteiger partial charge on any atom is 0.294 e. The summed E-state index contributed by atoms with van der Waals surface area (Å²) in [5.41, 5.74) is 5.08. The predicted octanol–water partition coefficient (Wildman–Crippen LogP) is 3.59. The number of halogens is 1. The quantitative estimate of drug-likeness (QED) is 0.498. The highest BCUT2D eigenvalue weighted by Gasteiger charge is 2.32. The maximum absolute atomic E-state index is 13.3. The van der Waals surface area contributed by atoms with E-state index in [0.29, 0.717) is 31.6 Å². The number of hydrogen-bond acceptors (Lipinski definition) is 6. The zero-order chi connectivity index (χ0) is 23.1. The number of aryl methyl sites for hydroxylation is 1. The second-order valence-electron chi connectivity index (χ2n) is 8.62. The van der Waals surface area contributed by atoms with Gasteiger partial charge in [0.05, 0.1) is 12.2 Å². The molecule has 1 atom stereocenters. The van der Waals surface area contributed by atoms with E-state index in [1.165, 1.54) is 26.1 Å². The standard InChI is InChI=1S/C24H26ClN5O2S/c1-13-4-3-5-15(14(13)2)10-27-22-24(32)30-18(21(25)29-22)6-7-19(30)23(31)28-11-17-8-16-9-26-12-20(16)33-17/h3-5,8,19,26H,6-7,9-12H2,1-2H3,(H,27,29)(H,28,31)/t19-/m0/s1. The molecule has 1 aromatic carbocycles. The van der Waals surface area contributed by atoms with Crippen LogP contribution in [0.4, 0.5) is 5.82 Å². The average Bonchev–Trinajstić information content (AvgIpc) is 3.51. The number of carbonyl (C=O) groups is 1. The summed E-state index contributed by atoms with van der Waals surface area (Å²) in [5, 5.41) is 9.75. The topological polar surface area (TPSA) is 88.0 Å². The number of thiophene rings is 1. The molecule has 172 valence electrons. The molecule has 2 aliphatic heterocycles. The summed E-state index contributed by atoms with van der Waals surface area (Å²) in [4.78, 5) is 33.1. The van der Waals surface area contributed by atoms with Gasteiger partial charge in [0.1, 0.15) is 6.04 Å². The van der Waals surface area contributed by atoms with Gasteiger partial charge in [-0.25, -0.2) is 4.98 Å². The van der Waals surface area contributed by atoms with Crippen molar-refractivity contribution in [3.63, 3.8) is 0 Å². The summed E-state index contributed by atoms with van der Waals surface area (Å²) in [6, 6.07) is 7.64. The average molecular weight is 484 g/mol. The molecule has 9 heteroatoms. The van der Waals surface area contributed by atoms with E-state index in [1.807, 2.05) is 12.1 Å². The Morgan fingerprint density at radius 2 is 2.15 bits per heavy atom. The molecule has 0 fully saturated rings. The molecule has 2 aromatic heterocycles. The summed E-state index contributed by atoms with van der Waals surface area (Å²) in [5.74, 6) is 0.0109. The van der Waals surface area contributed by atoms with E-state index in [4.69, 9.17) is 11.6 Å². The van der Waals surface area contributed by atoms with Gasteiger partial charge in [0.2, 0.25) is 5.91 Å². The third kappa shape index (κ3) is 4.18. The second-order valence-corrected chi connectivity index (χ2v) is 10.2. The molecule has 4 heterocycles. The fraction of sp³-hybridized carbons (Fsp3) is 0.375. The van der Waals surface area contributed by atoms with Gasteiger partial charge < -0.3 is 16.0 Å². The molecule has 0 saturated heterocycles. The summed E-state index contributed by atoms with van der Waals surface area (Å²) in [7, 11) is 0. The van der Waals surface area contributed by atoms with Gasteiger partial charge in [-0.1, -0.05) is 29.8 Å². The van der Waals surface area contributed by atoms with E-state index >= 15 is 0 Å². The monoisotopic (exact) mass is 483 g/mol. The highest BCUT2D eigenvalue weighted by Crippen LogP contribution is 2.30. The minimum Gasteiger partial charge on any atom is -0.361 e. The van der Waals surface area contributed by atoms with Crippen molar-refractivity contribution in [3.05, 3.63) is 77.5 Å². The Kier molecular flexibility index (Phi) is 5.99. The first-order chi connectivity index (χ1) is 15.9. The van der Waals surface area contributed by atoms with E-state index in [1.54, 1.807) is 11.3 Å². The van der Waals surface area contributed by atoms with E-state index < -0.39 is 6.04 Å². The molecule has 3 aromatic rings. The van der Waals surface area contributed by atoms with Crippen molar-refractivity contribution in [2.24, 2.45) is 0 Å². The van der Waals surface area contributed by atoms with E-state index in [2.05, 4.69) is 46.9 Å². The lowest BCUT2D eigenvalue weighted by Gasteiger charge is -2.17. The van der Waals surface area contributed by atoms with Crippen molar-refractivity contribution >= 4 is 34.7 Å².